The zero-order valence-electron chi connectivity index (χ0n) is 13.5. The number of thioether (sulfide) groups is 1. The Kier molecular flexibility index (Phi) is 5.51. The maximum atomic E-state index is 12.5. The van der Waals surface area contributed by atoms with E-state index in [1.54, 1.807) is 16.7 Å². The van der Waals surface area contributed by atoms with Crippen LogP contribution in [0.15, 0.2) is 29.2 Å². The second-order valence-electron chi connectivity index (χ2n) is 5.81. The Morgan fingerprint density at radius 3 is 2.68 bits per heavy atom. The van der Waals surface area contributed by atoms with Gasteiger partial charge in [0, 0.05) is 24.4 Å². The van der Waals surface area contributed by atoms with Crippen molar-refractivity contribution in [2.24, 2.45) is 0 Å². The molecule has 1 atom stereocenters. The first-order chi connectivity index (χ1) is 10.5. The maximum Gasteiger partial charge on any atom is 0.246 e. The van der Waals surface area contributed by atoms with Gasteiger partial charge in [0.15, 0.2) is 0 Å². The van der Waals surface area contributed by atoms with E-state index in [0.29, 0.717) is 19.5 Å². The van der Waals surface area contributed by atoms with Gasteiger partial charge in [-0.3, -0.25) is 9.59 Å². The van der Waals surface area contributed by atoms with Crippen LogP contribution in [-0.2, 0) is 16.1 Å². The van der Waals surface area contributed by atoms with E-state index in [0.717, 1.165) is 18.4 Å². The van der Waals surface area contributed by atoms with Gasteiger partial charge in [-0.2, -0.15) is 0 Å². The molecular formula is C17H24N2O2S. The zero-order chi connectivity index (χ0) is 16.2. The number of hydrogen-bond donors (Lipinski definition) is 1. The van der Waals surface area contributed by atoms with Crippen molar-refractivity contribution >= 4 is 23.6 Å². The summed E-state index contributed by atoms with van der Waals surface area (Å²) in [5, 5.41) is 3.00. The van der Waals surface area contributed by atoms with E-state index in [9.17, 15) is 9.59 Å². The van der Waals surface area contributed by atoms with Gasteiger partial charge in [-0.1, -0.05) is 25.1 Å². The molecule has 1 aromatic rings. The van der Waals surface area contributed by atoms with E-state index in [1.807, 2.05) is 44.4 Å². The normalized spacial score (nSPS) is 20.4. The molecule has 120 valence electrons. The van der Waals surface area contributed by atoms with Crippen LogP contribution in [0.3, 0.4) is 0 Å². The summed E-state index contributed by atoms with van der Waals surface area (Å²) >= 11 is 1.67. The summed E-state index contributed by atoms with van der Waals surface area (Å²) in [4.78, 5) is 27.5. The molecule has 0 bridgehead atoms. The fraction of sp³-hybridized carbons (Fsp3) is 0.529. The zero-order valence-corrected chi connectivity index (χ0v) is 14.3. The van der Waals surface area contributed by atoms with Crippen molar-refractivity contribution in [2.75, 3.05) is 12.8 Å². The van der Waals surface area contributed by atoms with E-state index in [4.69, 9.17) is 0 Å². The topological polar surface area (TPSA) is 49.4 Å². The number of nitrogens with one attached hydrogen (secondary N) is 1. The van der Waals surface area contributed by atoms with Crippen LogP contribution in [0, 0.1) is 0 Å². The van der Waals surface area contributed by atoms with Crippen molar-refractivity contribution in [3.63, 3.8) is 0 Å². The fourth-order valence-corrected chi connectivity index (χ4v) is 3.38. The Morgan fingerprint density at radius 2 is 2.09 bits per heavy atom. The average Bonchev–Trinajstić information content (AvgIpc) is 2.51. The standard InChI is InChI=1S/C17H24N2O2S/c1-4-7-15(20)19-11-10-17(19,2)16(21)18-12-13-8-5-6-9-14(13)22-3/h5-6,8-9H,4,7,10-12H2,1-3H3,(H,18,21). The molecule has 0 saturated carbocycles. The summed E-state index contributed by atoms with van der Waals surface area (Å²) in [6.45, 7) is 5.03. The summed E-state index contributed by atoms with van der Waals surface area (Å²) < 4.78 is 0. The molecule has 1 aliphatic rings. The lowest BCUT2D eigenvalue weighted by Gasteiger charge is -2.49. The molecular weight excluding hydrogens is 296 g/mol. The van der Waals surface area contributed by atoms with Gasteiger partial charge in [0.2, 0.25) is 11.8 Å². The van der Waals surface area contributed by atoms with Crippen LogP contribution in [0.25, 0.3) is 0 Å². The largest absolute Gasteiger partial charge is 0.350 e. The highest BCUT2D eigenvalue weighted by Crippen LogP contribution is 2.31. The number of likely N-dealkylation sites (tertiary alicyclic amines) is 1. The number of nitrogens with zero attached hydrogens (tertiary/aromatic N) is 1. The van der Waals surface area contributed by atoms with Crippen LogP contribution in [-0.4, -0.2) is 35.1 Å². The van der Waals surface area contributed by atoms with Gasteiger partial charge < -0.3 is 10.2 Å². The Bertz CT molecular complexity index is 561. The molecule has 2 amide bonds. The number of rotatable bonds is 6. The Balaban J connectivity index is 1.98. The molecule has 1 N–H and O–H groups in total. The number of carbonyl (C=O) groups is 2. The van der Waals surface area contributed by atoms with Gasteiger partial charge in [0.25, 0.3) is 0 Å². The van der Waals surface area contributed by atoms with Gasteiger partial charge in [-0.15, -0.1) is 11.8 Å². The molecule has 1 fully saturated rings. The lowest BCUT2D eigenvalue weighted by atomic mass is 9.85. The van der Waals surface area contributed by atoms with Crippen LogP contribution in [0.4, 0.5) is 0 Å². The predicted molar refractivity (Wildman–Crippen MR) is 89.7 cm³/mol. The third kappa shape index (κ3) is 3.29. The average molecular weight is 320 g/mol. The van der Waals surface area contributed by atoms with Crippen LogP contribution < -0.4 is 5.32 Å². The minimum absolute atomic E-state index is 0.0564. The van der Waals surface area contributed by atoms with Gasteiger partial charge in [0.05, 0.1) is 0 Å². The highest BCUT2D eigenvalue weighted by atomic mass is 32.2. The summed E-state index contributed by atoms with van der Waals surface area (Å²) in [6, 6.07) is 8.04. The Morgan fingerprint density at radius 1 is 1.36 bits per heavy atom. The maximum absolute atomic E-state index is 12.5. The first-order valence-electron chi connectivity index (χ1n) is 7.73. The van der Waals surface area contributed by atoms with E-state index < -0.39 is 5.54 Å². The van der Waals surface area contributed by atoms with Crippen molar-refractivity contribution in [2.45, 2.75) is 50.1 Å². The molecule has 1 heterocycles. The molecule has 0 radical (unpaired) electrons. The van der Waals surface area contributed by atoms with E-state index in [-0.39, 0.29) is 11.8 Å². The van der Waals surface area contributed by atoms with Crippen LogP contribution in [0.1, 0.15) is 38.7 Å². The lowest BCUT2D eigenvalue weighted by Crippen LogP contribution is -2.67. The molecule has 22 heavy (non-hydrogen) atoms. The highest BCUT2D eigenvalue weighted by molar-refractivity contribution is 7.98. The molecule has 0 aliphatic carbocycles. The summed E-state index contributed by atoms with van der Waals surface area (Å²) in [5.74, 6) is 0.0232. The third-order valence-corrected chi connectivity index (χ3v) is 5.14. The first-order valence-corrected chi connectivity index (χ1v) is 8.96. The van der Waals surface area contributed by atoms with E-state index >= 15 is 0 Å². The predicted octanol–water partition coefficient (Wildman–Crippen LogP) is 2.82. The molecule has 1 aromatic carbocycles. The van der Waals surface area contributed by atoms with Gasteiger partial charge in [-0.25, -0.2) is 0 Å². The minimum Gasteiger partial charge on any atom is -0.350 e. The van der Waals surface area contributed by atoms with Crippen molar-refractivity contribution in [3.8, 4) is 0 Å². The molecule has 4 nitrogen and oxygen atoms in total. The lowest BCUT2D eigenvalue weighted by molar-refractivity contribution is -0.157. The SMILES string of the molecule is CCCC(=O)N1CCC1(C)C(=O)NCc1ccccc1SC. The number of carbonyl (C=O) groups excluding carboxylic acids is 2. The minimum atomic E-state index is -0.680. The first kappa shape index (κ1) is 16.9. The number of hydrogen-bond acceptors (Lipinski definition) is 3. The van der Waals surface area contributed by atoms with Crippen LogP contribution >= 0.6 is 11.8 Å². The summed E-state index contributed by atoms with van der Waals surface area (Å²) in [5.41, 5.74) is 0.429. The van der Waals surface area contributed by atoms with Crippen molar-refractivity contribution in [1.29, 1.82) is 0 Å². The van der Waals surface area contributed by atoms with Crippen molar-refractivity contribution in [3.05, 3.63) is 29.8 Å². The van der Waals surface area contributed by atoms with Gasteiger partial charge in [0.1, 0.15) is 5.54 Å². The van der Waals surface area contributed by atoms with Crippen LogP contribution in [0.5, 0.6) is 0 Å². The highest BCUT2D eigenvalue weighted by Gasteiger charge is 2.48. The molecule has 0 aromatic heterocycles. The molecule has 1 unspecified atom stereocenters. The summed E-state index contributed by atoms with van der Waals surface area (Å²) in [7, 11) is 0. The number of amides is 2. The smallest absolute Gasteiger partial charge is 0.246 e. The van der Waals surface area contributed by atoms with Gasteiger partial charge >= 0.3 is 0 Å². The Labute approximate surface area is 136 Å². The molecule has 0 spiro atoms. The third-order valence-electron chi connectivity index (χ3n) is 4.30. The van der Waals surface area contributed by atoms with E-state index in [1.165, 1.54) is 4.90 Å². The molecule has 1 saturated heterocycles. The van der Waals surface area contributed by atoms with E-state index in [2.05, 4.69) is 5.32 Å². The fourth-order valence-electron chi connectivity index (χ4n) is 2.76. The van der Waals surface area contributed by atoms with Gasteiger partial charge in [-0.05, 0) is 37.7 Å². The number of benzene rings is 1. The quantitative estimate of drug-likeness (QED) is 0.820. The second-order valence-corrected chi connectivity index (χ2v) is 6.66. The second kappa shape index (κ2) is 7.18. The molecule has 5 heteroatoms. The summed E-state index contributed by atoms with van der Waals surface area (Å²) in [6.07, 6.45) is 4.09. The van der Waals surface area contributed by atoms with Crippen LogP contribution in [0.2, 0.25) is 0 Å². The van der Waals surface area contributed by atoms with Crippen molar-refractivity contribution < 1.29 is 9.59 Å². The monoisotopic (exact) mass is 320 g/mol. The van der Waals surface area contributed by atoms with Crippen molar-refractivity contribution in [1.82, 2.24) is 10.2 Å². The Hall–Kier alpha value is -1.49. The molecule has 1 aliphatic heterocycles. The molecule has 2 rings (SSSR count).